The van der Waals surface area contributed by atoms with Gasteiger partial charge in [-0.3, -0.25) is 4.79 Å². The van der Waals surface area contributed by atoms with Crippen molar-refractivity contribution in [3.8, 4) is 0 Å². The molecule has 0 fully saturated rings. The maximum atomic E-state index is 11.3. The molecule has 0 saturated heterocycles. The summed E-state index contributed by atoms with van der Waals surface area (Å²) in [6, 6.07) is 0.0847. The number of amides is 1. The first-order valence-corrected chi connectivity index (χ1v) is 5.06. The molecule has 0 saturated carbocycles. The van der Waals surface area contributed by atoms with Gasteiger partial charge in [-0.05, 0) is 19.8 Å². The quantitative estimate of drug-likeness (QED) is 0.640. The second kappa shape index (κ2) is 7.76. The molecule has 0 aromatic rings. The van der Waals surface area contributed by atoms with Crippen molar-refractivity contribution in [3.05, 3.63) is 0 Å². The molecule has 0 rings (SSSR count). The Labute approximate surface area is 85.6 Å². The highest BCUT2D eigenvalue weighted by Crippen LogP contribution is 1.98. The Morgan fingerprint density at radius 2 is 2.21 bits per heavy atom. The topological polar surface area (TPSA) is 58.6 Å². The highest BCUT2D eigenvalue weighted by Gasteiger charge is 2.10. The number of aliphatic hydroxyl groups excluding tert-OH is 1. The van der Waals surface area contributed by atoms with Crippen LogP contribution in [0.25, 0.3) is 0 Å². The van der Waals surface area contributed by atoms with E-state index < -0.39 is 6.10 Å². The third-order valence-corrected chi connectivity index (χ3v) is 2.01. The van der Waals surface area contributed by atoms with E-state index in [9.17, 15) is 4.79 Å². The van der Waals surface area contributed by atoms with E-state index in [1.54, 1.807) is 14.0 Å². The van der Waals surface area contributed by atoms with Crippen molar-refractivity contribution < 1.29 is 14.6 Å². The molecule has 14 heavy (non-hydrogen) atoms. The number of hydrogen-bond donors (Lipinski definition) is 2. The molecule has 2 unspecified atom stereocenters. The van der Waals surface area contributed by atoms with Crippen molar-refractivity contribution in [2.75, 3.05) is 13.7 Å². The molecular formula is C10H21NO3. The Kier molecular flexibility index (Phi) is 7.42. The standard InChI is InChI=1S/C10H21NO3/c1-4-9(7-14-3)11-10(13)6-5-8(2)12/h8-9,12H,4-7H2,1-3H3,(H,11,13). The number of methoxy groups -OCH3 is 1. The molecule has 0 bridgehead atoms. The van der Waals surface area contributed by atoms with E-state index in [1.807, 2.05) is 6.92 Å². The van der Waals surface area contributed by atoms with E-state index in [1.165, 1.54) is 0 Å². The van der Waals surface area contributed by atoms with Crippen LogP contribution in [0.3, 0.4) is 0 Å². The molecule has 2 N–H and O–H groups in total. The summed E-state index contributed by atoms with van der Waals surface area (Å²) in [5, 5.41) is 11.8. The molecule has 0 aromatic carbocycles. The van der Waals surface area contributed by atoms with Crippen molar-refractivity contribution in [2.45, 2.75) is 45.3 Å². The second-order valence-electron chi connectivity index (χ2n) is 3.52. The van der Waals surface area contributed by atoms with E-state index in [0.717, 1.165) is 6.42 Å². The minimum absolute atomic E-state index is 0.0187. The minimum atomic E-state index is -0.414. The molecular weight excluding hydrogens is 182 g/mol. The lowest BCUT2D eigenvalue weighted by atomic mass is 10.2. The second-order valence-corrected chi connectivity index (χ2v) is 3.52. The van der Waals surface area contributed by atoms with Crippen LogP contribution in [-0.4, -0.2) is 36.9 Å². The van der Waals surface area contributed by atoms with E-state index >= 15 is 0 Å². The zero-order chi connectivity index (χ0) is 11.0. The summed E-state index contributed by atoms with van der Waals surface area (Å²) in [6.07, 6.45) is 1.32. The van der Waals surface area contributed by atoms with Crippen LogP contribution in [0.1, 0.15) is 33.1 Å². The van der Waals surface area contributed by atoms with Crippen LogP contribution in [0.2, 0.25) is 0 Å². The lowest BCUT2D eigenvalue weighted by Crippen LogP contribution is -2.37. The van der Waals surface area contributed by atoms with Crippen LogP contribution in [0.4, 0.5) is 0 Å². The lowest BCUT2D eigenvalue weighted by molar-refractivity contribution is -0.122. The van der Waals surface area contributed by atoms with E-state index in [4.69, 9.17) is 9.84 Å². The van der Waals surface area contributed by atoms with Crippen LogP contribution in [0.5, 0.6) is 0 Å². The first-order chi connectivity index (χ1) is 6.60. The third kappa shape index (κ3) is 6.86. The molecule has 0 aromatic heterocycles. The van der Waals surface area contributed by atoms with Gasteiger partial charge in [-0.25, -0.2) is 0 Å². The van der Waals surface area contributed by atoms with Gasteiger partial charge in [0.15, 0.2) is 0 Å². The maximum Gasteiger partial charge on any atom is 0.220 e. The average Bonchev–Trinajstić information content (AvgIpc) is 2.14. The molecule has 2 atom stereocenters. The first-order valence-electron chi connectivity index (χ1n) is 5.06. The summed E-state index contributed by atoms with van der Waals surface area (Å²) in [5.74, 6) is -0.0187. The Balaban J connectivity index is 3.67. The number of nitrogens with one attached hydrogen (secondary N) is 1. The predicted octanol–water partition coefficient (Wildman–Crippen LogP) is 0.689. The van der Waals surface area contributed by atoms with Gasteiger partial charge in [-0.15, -0.1) is 0 Å². The smallest absolute Gasteiger partial charge is 0.220 e. The van der Waals surface area contributed by atoms with Crippen molar-refractivity contribution in [2.24, 2.45) is 0 Å². The fourth-order valence-electron chi connectivity index (χ4n) is 1.10. The highest BCUT2D eigenvalue weighted by atomic mass is 16.5. The maximum absolute atomic E-state index is 11.3. The molecule has 0 aliphatic heterocycles. The third-order valence-electron chi connectivity index (χ3n) is 2.01. The van der Waals surface area contributed by atoms with Crippen LogP contribution < -0.4 is 5.32 Å². The zero-order valence-corrected chi connectivity index (χ0v) is 9.25. The van der Waals surface area contributed by atoms with Crippen molar-refractivity contribution in [1.29, 1.82) is 0 Å². The molecule has 4 nitrogen and oxygen atoms in total. The molecule has 0 aliphatic carbocycles. The fourth-order valence-corrected chi connectivity index (χ4v) is 1.10. The Bertz CT molecular complexity index is 159. The molecule has 84 valence electrons. The van der Waals surface area contributed by atoms with Gasteiger partial charge in [-0.1, -0.05) is 6.92 Å². The van der Waals surface area contributed by atoms with Crippen LogP contribution in [0, 0.1) is 0 Å². The van der Waals surface area contributed by atoms with Crippen molar-refractivity contribution >= 4 is 5.91 Å². The molecule has 0 aliphatic rings. The Morgan fingerprint density at radius 3 is 2.64 bits per heavy atom. The molecule has 0 spiro atoms. The van der Waals surface area contributed by atoms with Crippen molar-refractivity contribution in [1.82, 2.24) is 5.32 Å². The number of ether oxygens (including phenoxy) is 1. The Morgan fingerprint density at radius 1 is 1.57 bits per heavy atom. The molecule has 1 amide bonds. The van der Waals surface area contributed by atoms with Gasteiger partial charge < -0.3 is 15.2 Å². The van der Waals surface area contributed by atoms with E-state index in [-0.39, 0.29) is 11.9 Å². The summed E-state index contributed by atoms with van der Waals surface area (Å²) in [5.41, 5.74) is 0. The number of carbonyl (C=O) groups is 1. The highest BCUT2D eigenvalue weighted by molar-refractivity contribution is 5.76. The number of carbonyl (C=O) groups excluding carboxylic acids is 1. The van der Waals surface area contributed by atoms with Gasteiger partial charge >= 0.3 is 0 Å². The number of aliphatic hydroxyl groups is 1. The summed E-state index contributed by atoms with van der Waals surface area (Å²) >= 11 is 0. The molecule has 0 radical (unpaired) electrons. The largest absolute Gasteiger partial charge is 0.393 e. The minimum Gasteiger partial charge on any atom is -0.393 e. The average molecular weight is 203 g/mol. The van der Waals surface area contributed by atoms with Crippen molar-refractivity contribution in [3.63, 3.8) is 0 Å². The van der Waals surface area contributed by atoms with Crippen LogP contribution >= 0.6 is 0 Å². The summed E-state index contributed by atoms with van der Waals surface area (Å²) < 4.78 is 4.96. The molecule has 4 heteroatoms. The Hall–Kier alpha value is -0.610. The summed E-state index contributed by atoms with van der Waals surface area (Å²) in [6.45, 7) is 4.22. The van der Waals surface area contributed by atoms with Crippen LogP contribution in [0.15, 0.2) is 0 Å². The van der Waals surface area contributed by atoms with E-state index in [2.05, 4.69) is 5.32 Å². The van der Waals surface area contributed by atoms with Crippen LogP contribution in [-0.2, 0) is 9.53 Å². The fraction of sp³-hybridized carbons (Fsp3) is 0.900. The van der Waals surface area contributed by atoms with Gasteiger partial charge in [0.25, 0.3) is 0 Å². The number of rotatable bonds is 7. The lowest BCUT2D eigenvalue weighted by Gasteiger charge is -2.16. The number of hydrogen-bond acceptors (Lipinski definition) is 3. The van der Waals surface area contributed by atoms with Gasteiger partial charge in [0.05, 0.1) is 18.8 Å². The predicted molar refractivity (Wildman–Crippen MR) is 55.0 cm³/mol. The summed E-state index contributed by atoms with van der Waals surface area (Å²) in [4.78, 5) is 11.3. The van der Waals surface area contributed by atoms with Gasteiger partial charge in [0, 0.05) is 13.5 Å². The zero-order valence-electron chi connectivity index (χ0n) is 9.25. The van der Waals surface area contributed by atoms with Gasteiger partial charge in [0.1, 0.15) is 0 Å². The monoisotopic (exact) mass is 203 g/mol. The first kappa shape index (κ1) is 13.4. The molecule has 0 heterocycles. The normalized spacial score (nSPS) is 14.9. The SMILES string of the molecule is CCC(COC)NC(=O)CCC(C)O. The van der Waals surface area contributed by atoms with Gasteiger partial charge in [-0.2, -0.15) is 0 Å². The van der Waals surface area contributed by atoms with Gasteiger partial charge in [0.2, 0.25) is 5.91 Å². The van der Waals surface area contributed by atoms with E-state index in [0.29, 0.717) is 19.4 Å². The summed E-state index contributed by atoms with van der Waals surface area (Å²) in [7, 11) is 1.62.